The summed E-state index contributed by atoms with van der Waals surface area (Å²) in [5, 5.41) is 0. The highest BCUT2D eigenvalue weighted by atomic mass is 79.9. The average molecular weight is 474 g/mol. The van der Waals surface area contributed by atoms with E-state index in [2.05, 4.69) is 31.9 Å². The minimum atomic E-state index is -4.08. The first-order valence-electron chi connectivity index (χ1n) is 5.47. The van der Waals surface area contributed by atoms with Crippen LogP contribution in [0.3, 0.4) is 0 Å². The Balaban J connectivity index is 0.000000220. The van der Waals surface area contributed by atoms with E-state index < -0.39 is 20.2 Å². The van der Waals surface area contributed by atoms with Crippen molar-refractivity contribution in [3.63, 3.8) is 0 Å². The van der Waals surface area contributed by atoms with Gasteiger partial charge >= 0.3 is 0 Å². The van der Waals surface area contributed by atoms with Crippen LogP contribution in [0.5, 0.6) is 0 Å². The van der Waals surface area contributed by atoms with Gasteiger partial charge in [0, 0.05) is 8.95 Å². The molecule has 0 radical (unpaired) electrons. The molecule has 2 N–H and O–H groups in total. The molecule has 6 nitrogen and oxygen atoms in total. The Morgan fingerprint density at radius 3 is 1.59 bits per heavy atom. The van der Waals surface area contributed by atoms with Gasteiger partial charge in [-0.2, -0.15) is 16.8 Å². The van der Waals surface area contributed by atoms with E-state index >= 15 is 0 Å². The van der Waals surface area contributed by atoms with Gasteiger partial charge in [0.1, 0.15) is 4.90 Å². The van der Waals surface area contributed by atoms with Gasteiger partial charge in [-0.15, -0.1) is 0 Å². The number of hydrogen-bond donors (Lipinski definition) is 2. The van der Waals surface area contributed by atoms with E-state index in [4.69, 9.17) is 9.11 Å². The van der Waals surface area contributed by atoms with Gasteiger partial charge < -0.3 is 0 Å². The first-order chi connectivity index (χ1) is 10.0. The summed E-state index contributed by atoms with van der Waals surface area (Å²) in [6.07, 6.45) is 0. The fourth-order valence-electron chi connectivity index (χ4n) is 1.26. The predicted octanol–water partition coefficient (Wildman–Crippen LogP) is 3.39. The van der Waals surface area contributed by atoms with Crippen molar-refractivity contribution in [1.29, 1.82) is 0 Å². The van der Waals surface area contributed by atoms with Crippen molar-refractivity contribution in [2.75, 3.05) is 0 Å². The topological polar surface area (TPSA) is 109 Å². The molecule has 0 unspecified atom stereocenters. The van der Waals surface area contributed by atoms with Crippen LogP contribution >= 0.6 is 31.9 Å². The highest BCUT2D eigenvalue weighted by molar-refractivity contribution is 9.10. The molecule has 0 fully saturated rings. The molecule has 0 aliphatic rings. The Bertz CT molecular complexity index is 845. The van der Waals surface area contributed by atoms with E-state index in [1.807, 2.05) is 0 Å². The van der Waals surface area contributed by atoms with Gasteiger partial charge in [-0.25, -0.2) is 0 Å². The van der Waals surface area contributed by atoms with Crippen molar-refractivity contribution in [1.82, 2.24) is 0 Å². The molecule has 0 aromatic heterocycles. The van der Waals surface area contributed by atoms with E-state index in [0.717, 1.165) is 4.47 Å². The van der Waals surface area contributed by atoms with Gasteiger partial charge in [-0.05, 0) is 52.3 Å². The zero-order valence-electron chi connectivity index (χ0n) is 10.7. The van der Waals surface area contributed by atoms with Gasteiger partial charge in [0.15, 0.2) is 0 Å². The molecule has 0 saturated carbocycles. The lowest BCUT2D eigenvalue weighted by molar-refractivity contribution is 0.480. The summed E-state index contributed by atoms with van der Waals surface area (Å²) in [6, 6.07) is 11.8. The summed E-state index contributed by atoms with van der Waals surface area (Å²) in [7, 11) is -8.12. The maximum Gasteiger partial charge on any atom is 0.295 e. The Morgan fingerprint density at radius 1 is 0.727 bits per heavy atom. The molecule has 2 aromatic carbocycles. The van der Waals surface area contributed by atoms with Crippen LogP contribution in [0.15, 0.2) is 67.3 Å². The van der Waals surface area contributed by atoms with E-state index in [0.29, 0.717) is 4.47 Å². The van der Waals surface area contributed by atoms with Gasteiger partial charge in [0.05, 0.1) is 4.90 Å². The molecular weight excluding hydrogens is 464 g/mol. The maximum absolute atomic E-state index is 10.6. The van der Waals surface area contributed by atoms with Crippen molar-refractivity contribution >= 4 is 52.1 Å². The molecule has 0 amide bonds. The molecule has 0 bridgehead atoms. The van der Waals surface area contributed by atoms with Crippen molar-refractivity contribution in [2.45, 2.75) is 9.79 Å². The zero-order chi connectivity index (χ0) is 17.0. The lowest BCUT2D eigenvalue weighted by Gasteiger charge is -1.97. The molecular formula is C12H10Br2O6S2. The average Bonchev–Trinajstić information content (AvgIpc) is 2.38. The third kappa shape index (κ3) is 6.15. The van der Waals surface area contributed by atoms with Gasteiger partial charge in [0.2, 0.25) is 0 Å². The molecule has 10 heteroatoms. The molecule has 22 heavy (non-hydrogen) atoms. The van der Waals surface area contributed by atoms with Crippen molar-refractivity contribution in [2.24, 2.45) is 0 Å². The normalized spacial score (nSPS) is 11.5. The minimum Gasteiger partial charge on any atom is -0.282 e. The third-order valence-corrected chi connectivity index (χ3v) is 5.49. The maximum atomic E-state index is 10.6. The standard InChI is InChI=1S/2C6H5BrO3S/c7-5-1-3-6(4-2-5)11(8,9)10;7-5-3-1-2-4-6(5)11(8,9)10/h2*1-4H,(H,8,9,10). The summed E-state index contributed by atoms with van der Waals surface area (Å²) >= 11 is 6.13. The second-order valence-corrected chi connectivity index (χ2v) is 8.42. The summed E-state index contributed by atoms with van der Waals surface area (Å²) in [5.74, 6) is 0. The second-order valence-electron chi connectivity index (χ2n) is 3.83. The van der Waals surface area contributed by atoms with Crippen molar-refractivity contribution in [3.8, 4) is 0 Å². The van der Waals surface area contributed by atoms with Crippen LogP contribution < -0.4 is 0 Å². The number of benzene rings is 2. The van der Waals surface area contributed by atoms with Crippen LogP contribution in [-0.2, 0) is 20.2 Å². The van der Waals surface area contributed by atoms with Crippen molar-refractivity contribution in [3.05, 3.63) is 57.5 Å². The second kappa shape index (κ2) is 7.66. The highest BCUT2D eigenvalue weighted by Crippen LogP contribution is 2.20. The van der Waals surface area contributed by atoms with Crippen LogP contribution in [0, 0.1) is 0 Å². The molecule has 2 aromatic rings. The molecule has 2 rings (SSSR count). The fourth-order valence-corrected chi connectivity index (χ4v) is 3.47. The van der Waals surface area contributed by atoms with Crippen LogP contribution in [0.1, 0.15) is 0 Å². The molecule has 0 saturated heterocycles. The largest absolute Gasteiger partial charge is 0.295 e. The minimum absolute atomic E-state index is 0.0966. The highest BCUT2D eigenvalue weighted by Gasteiger charge is 2.11. The SMILES string of the molecule is O=S(=O)(O)c1ccc(Br)cc1.O=S(=O)(O)c1ccccc1Br. The Hall–Kier alpha value is -0.780. The molecule has 0 aliphatic heterocycles. The summed E-state index contributed by atoms with van der Waals surface area (Å²) in [4.78, 5) is -0.208. The van der Waals surface area contributed by atoms with E-state index in [9.17, 15) is 16.8 Å². The summed E-state index contributed by atoms with van der Waals surface area (Å²) in [6.45, 7) is 0. The molecule has 0 atom stereocenters. The smallest absolute Gasteiger partial charge is 0.282 e. The molecule has 120 valence electrons. The predicted molar refractivity (Wildman–Crippen MR) is 87.9 cm³/mol. The van der Waals surface area contributed by atoms with E-state index in [-0.39, 0.29) is 9.79 Å². The van der Waals surface area contributed by atoms with Gasteiger partial charge in [-0.1, -0.05) is 28.1 Å². The first kappa shape index (κ1) is 19.3. The Labute approximate surface area is 144 Å². The monoisotopic (exact) mass is 472 g/mol. The lowest BCUT2D eigenvalue weighted by Crippen LogP contribution is -1.98. The van der Waals surface area contributed by atoms with Gasteiger partial charge in [0.25, 0.3) is 20.2 Å². The van der Waals surface area contributed by atoms with Crippen LogP contribution in [0.2, 0.25) is 0 Å². The fraction of sp³-hybridized carbons (Fsp3) is 0. The van der Waals surface area contributed by atoms with Crippen LogP contribution in [-0.4, -0.2) is 25.9 Å². The third-order valence-electron chi connectivity index (χ3n) is 2.23. The molecule has 0 heterocycles. The number of halogens is 2. The van der Waals surface area contributed by atoms with E-state index in [1.54, 1.807) is 24.3 Å². The van der Waals surface area contributed by atoms with Crippen LogP contribution in [0.25, 0.3) is 0 Å². The number of hydrogen-bond acceptors (Lipinski definition) is 4. The summed E-state index contributed by atoms with van der Waals surface area (Å²) in [5.41, 5.74) is 0. The Morgan fingerprint density at radius 2 is 1.23 bits per heavy atom. The Kier molecular flexibility index (Phi) is 6.71. The lowest BCUT2D eigenvalue weighted by atomic mass is 10.4. The zero-order valence-corrected chi connectivity index (χ0v) is 15.5. The van der Waals surface area contributed by atoms with Crippen molar-refractivity contribution < 1.29 is 25.9 Å². The number of rotatable bonds is 2. The molecule has 0 aliphatic carbocycles. The first-order valence-corrected chi connectivity index (χ1v) is 9.93. The van der Waals surface area contributed by atoms with Gasteiger partial charge in [-0.3, -0.25) is 9.11 Å². The van der Waals surface area contributed by atoms with Crippen LogP contribution in [0.4, 0.5) is 0 Å². The summed E-state index contributed by atoms with van der Waals surface area (Å²) < 4.78 is 60.4. The molecule has 0 spiro atoms. The quantitative estimate of drug-likeness (QED) is 0.647. The van der Waals surface area contributed by atoms with E-state index in [1.165, 1.54) is 24.3 Å².